The van der Waals surface area contributed by atoms with Gasteiger partial charge in [-0.25, -0.2) is 15.2 Å². The molecule has 0 unspecified atom stereocenters. The highest BCUT2D eigenvalue weighted by atomic mass is 35.5. The van der Waals surface area contributed by atoms with Crippen LogP contribution in [0.25, 0.3) is 11.3 Å². The Bertz CT molecular complexity index is 1770. The third-order valence-electron chi connectivity index (χ3n) is 6.29. The lowest BCUT2D eigenvalue weighted by Crippen LogP contribution is -2.17. The minimum absolute atomic E-state index is 0.213. The molecule has 9 nitrogen and oxygen atoms in total. The number of carbonyl (C=O) groups excluding carboxylic acids is 1. The van der Waals surface area contributed by atoms with Crippen molar-refractivity contribution in [2.45, 2.75) is 13.5 Å². The van der Waals surface area contributed by atoms with Gasteiger partial charge in [0.05, 0.1) is 24.1 Å². The summed E-state index contributed by atoms with van der Waals surface area (Å²) in [6, 6.07) is 26.3. The number of anilines is 2. The molecular formula is C33H27ClN4O5S. The Morgan fingerprint density at radius 2 is 1.66 bits per heavy atom. The van der Waals surface area contributed by atoms with Crippen LogP contribution >= 0.6 is 22.9 Å². The molecule has 0 spiro atoms. The lowest BCUT2D eigenvalue weighted by molar-refractivity contribution is 0.0696. The van der Waals surface area contributed by atoms with Gasteiger partial charge < -0.3 is 19.9 Å². The van der Waals surface area contributed by atoms with E-state index in [1.807, 2.05) is 48.7 Å². The van der Waals surface area contributed by atoms with Crippen LogP contribution in [0.3, 0.4) is 0 Å². The van der Waals surface area contributed by atoms with Gasteiger partial charge in [-0.2, -0.15) is 5.10 Å². The molecule has 11 heteroatoms. The van der Waals surface area contributed by atoms with E-state index in [-0.39, 0.29) is 18.1 Å². The van der Waals surface area contributed by atoms with Crippen molar-refractivity contribution in [1.29, 1.82) is 0 Å². The van der Waals surface area contributed by atoms with Crippen molar-refractivity contribution in [3.63, 3.8) is 0 Å². The Kier molecular flexibility index (Phi) is 9.85. The van der Waals surface area contributed by atoms with Crippen LogP contribution in [0.2, 0.25) is 5.02 Å². The number of carbonyl (C=O) groups is 2. The van der Waals surface area contributed by atoms with Crippen LogP contribution in [-0.2, 0) is 6.61 Å². The van der Waals surface area contributed by atoms with Crippen molar-refractivity contribution in [2.75, 3.05) is 11.9 Å². The first-order chi connectivity index (χ1) is 21.4. The molecule has 0 aliphatic rings. The van der Waals surface area contributed by atoms with Gasteiger partial charge in [-0.05, 0) is 84.8 Å². The summed E-state index contributed by atoms with van der Waals surface area (Å²) in [5, 5.41) is 19.8. The van der Waals surface area contributed by atoms with Crippen LogP contribution in [0.5, 0.6) is 11.5 Å². The first-order valence-corrected chi connectivity index (χ1v) is 14.8. The third-order valence-corrected chi connectivity index (χ3v) is 7.29. The van der Waals surface area contributed by atoms with Crippen LogP contribution in [0, 0.1) is 0 Å². The third kappa shape index (κ3) is 8.00. The monoisotopic (exact) mass is 626 g/mol. The van der Waals surface area contributed by atoms with E-state index < -0.39 is 5.97 Å². The standard InChI is InChI=1S/C33H27ClN4O5S/c1-2-42-30-17-22(5-16-29(30)43-19-21-3-6-25(7-4-21)32(40)41)18-35-38-31(39)24-10-8-23(9-11-24)28-20-44-33(37-28)36-27-14-12-26(34)13-15-27/h3-18,20H,2,19H2,1H3,(H,36,37)(H,38,39)(H,40,41)/b35-18-. The zero-order valence-corrected chi connectivity index (χ0v) is 25.1. The second kappa shape index (κ2) is 14.3. The summed E-state index contributed by atoms with van der Waals surface area (Å²) in [6.45, 7) is 2.54. The van der Waals surface area contributed by atoms with Crippen LogP contribution in [0.1, 0.15) is 38.8 Å². The summed E-state index contributed by atoms with van der Waals surface area (Å²) in [7, 11) is 0. The number of benzene rings is 4. The van der Waals surface area contributed by atoms with Gasteiger partial charge in [0.15, 0.2) is 16.6 Å². The van der Waals surface area contributed by atoms with Gasteiger partial charge in [0.25, 0.3) is 5.91 Å². The first-order valence-electron chi connectivity index (χ1n) is 13.5. The topological polar surface area (TPSA) is 122 Å². The Hall–Kier alpha value is -5.19. The van der Waals surface area contributed by atoms with E-state index in [4.69, 9.17) is 26.2 Å². The summed E-state index contributed by atoms with van der Waals surface area (Å²) in [5.74, 6) is -0.278. The molecule has 0 aliphatic carbocycles. The van der Waals surface area contributed by atoms with Crippen LogP contribution in [0.4, 0.5) is 10.8 Å². The minimum atomic E-state index is -0.979. The molecule has 0 saturated carbocycles. The number of thiazole rings is 1. The molecule has 0 aliphatic heterocycles. The number of hydrogen-bond donors (Lipinski definition) is 3. The number of amides is 1. The number of aromatic nitrogens is 1. The van der Waals surface area contributed by atoms with Crippen molar-refractivity contribution in [2.24, 2.45) is 5.10 Å². The van der Waals surface area contributed by atoms with E-state index in [0.717, 1.165) is 27.6 Å². The molecule has 0 bridgehead atoms. The second-order valence-corrected chi connectivity index (χ2v) is 10.7. The summed E-state index contributed by atoms with van der Waals surface area (Å²) in [4.78, 5) is 28.4. The number of aromatic carboxylic acids is 1. The highest BCUT2D eigenvalue weighted by Gasteiger charge is 2.10. The second-order valence-electron chi connectivity index (χ2n) is 9.38. The number of rotatable bonds is 12. The number of nitrogens with zero attached hydrogens (tertiary/aromatic N) is 2. The zero-order valence-electron chi connectivity index (χ0n) is 23.5. The Morgan fingerprint density at radius 3 is 2.36 bits per heavy atom. The Labute approximate surface area is 262 Å². The van der Waals surface area contributed by atoms with E-state index >= 15 is 0 Å². The van der Waals surface area contributed by atoms with Crippen molar-refractivity contribution < 1.29 is 24.2 Å². The number of halogens is 1. The summed E-state index contributed by atoms with van der Waals surface area (Å²) >= 11 is 7.43. The molecule has 5 aromatic rings. The number of carboxylic acid groups (broad SMARTS) is 1. The molecule has 44 heavy (non-hydrogen) atoms. The van der Waals surface area contributed by atoms with Gasteiger partial charge in [0.2, 0.25) is 0 Å². The number of nitrogens with one attached hydrogen (secondary N) is 2. The SMILES string of the molecule is CCOc1cc(/C=N\NC(=O)c2ccc(-c3csc(Nc4ccc(Cl)cc4)n3)cc2)ccc1OCc1ccc(C(=O)O)cc1. The average molecular weight is 627 g/mol. The lowest BCUT2D eigenvalue weighted by atomic mass is 10.1. The van der Waals surface area contributed by atoms with Gasteiger partial charge in [-0.15, -0.1) is 11.3 Å². The predicted octanol–water partition coefficient (Wildman–Crippen LogP) is 7.65. The predicted molar refractivity (Wildman–Crippen MR) is 173 cm³/mol. The molecule has 0 fully saturated rings. The molecule has 1 amide bonds. The van der Waals surface area contributed by atoms with Crippen LogP contribution < -0.4 is 20.2 Å². The van der Waals surface area contributed by atoms with Gasteiger partial charge in [0, 0.05) is 27.2 Å². The van der Waals surface area contributed by atoms with E-state index in [9.17, 15) is 9.59 Å². The molecule has 1 heterocycles. The highest BCUT2D eigenvalue weighted by Crippen LogP contribution is 2.30. The van der Waals surface area contributed by atoms with Crippen molar-refractivity contribution in [1.82, 2.24) is 10.4 Å². The fourth-order valence-electron chi connectivity index (χ4n) is 4.04. The molecule has 1 aromatic heterocycles. The minimum Gasteiger partial charge on any atom is -0.490 e. The van der Waals surface area contributed by atoms with Crippen molar-refractivity contribution in [3.8, 4) is 22.8 Å². The Balaban J connectivity index is 1.16. The van der Waals surface area contributed by atoms with Crippen molar-refractivity contribution in [3.05, 3.63) is 124 Å². The number of ether oxygens (including phenoxy) is 2. The maximum atomic E-state index is 12.7. The average Bonchev–Trinajstić information content (AvgIpc) is 3.50. The number of hydrogen-bond acceptors (Lipinski definition) is 8. The van der Waals surface area contributed by atoms with Crippen molar-refractivity contribution >= 4 is 51.8 Å². The molecule has 3 N–H and O–H groups in total. The van der Waals surface area contributed by atoms with Gasteiger partial charge in [0.1, 0.15) is 6.61 Å². The van der Waals surface area contributed by atoms with Gasteiger partial charge in [-0.3, -0.25) is 4.79 Å². The molecule has 222 valence electrons. The quantitative estimate of drug-likeness (QED) is 0.0960. The van der Waals surface area contributed by atoms with Gasteiger partial charge in [-0.1, -0.05) is 35.9 Å². The summed E-state index contributed by atoms with van der Waals surface area (Å²) in [6.07, 6.45) is 1.52. The molecule has 4 aromatic carbocycles. The van der Waals surface area contributed by atoms with Crippen LogP contribution in [-0.4, -0.2) is 34.8 Å². The maximum absolute atomic E-state index is 12.7. The lowest BCUT2D eigenvalue weighted by Gasteiger charge is -2.13. The largest absolute Gasteiger partial charge is 0.490 e. The molecule has 0 radical (unpaired) electrons. The fraction of sp³-hybridized carbons (Fsp3) is 0.0909. The van der Waals surface area contributed by atoms with Crippen LogP contribution in [0.15, 0.2) is 101 Å². The molecule has 5 rings (SSSR count). The summed E-state index contributed by atoms with van der Waals surface area (Å²) < 4.78 is 11.6. The highest BCUT2D eigenvalue weighted by molar-refractivity contribution is 7.14. The smallest absolute Gasteiger partial charge is 0.335 e. The van der Waals surface area contributed by atoms with E-state index in [1.54, 1.807) is 42.5 Å². The number of hydrazone groups is 1. The Morgan fingerprint density at radius 1 is 0.932 bits per heavy atom. The summed E-state index contributed by atoms with van der Waals surface area (Å²) in [5.41, 5.74) is 7.31. The molecule has 0 saturated heterocycles. The molecule has 0 atom stereocenters. The number of carboxylic acids is 1. The maximum Gasteiger partial charge on any atom is 0.335 e. The van der Waals surface area contributed by atoms with Gasteiger partial charge >= 0.3 is 5.97 Å². The van der Waals surface area contributed by atoms with E-state index in [2.05, 4.69) is 20.8 Å². The normalized spacial score (nSPS) is 10.9. The fourth-order valence-corrected chi connectivity index (χ4v) is 4.91. The van der Waals surface area contributed by atoms with E-state index in [1.165, 1.54) is 29.7 Å². The van der Waals surface area contributed by atoms with E-state index in [0.29, 0.717) is 34.3 Å². The molecular weight excluding hydrogens is 600 g/mol. The zero-order chi connectivity index (χ0) is 30.9. The first kappa shape index (κ1) is 30.3.